The molecule has 0 aromatic heterocycles. The Hall–Kier alpha value is -5.19. The third-order valence-corrected chi connectivity index (χ3v) is 6.08. The zero-order valence-electron chi connectivity index (χ0n) is 21.9. The molecule has 3 N–H and O–H groups in total. The molecule has 0 spiro atoms. The molecule has 12 heteroatoms. The highest BCUT2D eigenvalue weighted by Crippen LogP contribution is 2.28. The molecule has 0 aliphatic carbocycles. The summed E-state index contributed by atoms with van der Waals surface area (Å²) in [7, 11) is 1.40. The SMILES string of the molecule is COc1cc(/C=N/NC(=O)C(=O)Nc2ccccc2C(=O)Nc2ccc(Cl)cc2)ccc1OC(=O)c1ccc(Cl)cc1. The van der Waals surface area contributed by atoms with Gasteiger partial charge in [-0.1, -0.05) is 35.3 Å². The Bertz CT molecular complexity index is 1660. The predicted molar refractivity (Wildman–Crippen MR) is 160 cm³/mol. The number of halogens is 2. The van der Waals surface area contributed by atoms with Gasteiger partial charge in [0.25, 0.3) is 5.91 Å². The molecule has 3 amide bonds. The van der Waals surface area contributed by atoms with E-state index in [0.29, 0.717) is 26.9 Å². The fourth-order valence-electron chi connectivity index (χ4n) is 3.51. The topological polar surface area (TPSA) is 135 Å². The van der Waals surface area contributed by atoms with Crippen LogP contribution in [0.2, 0.25) is 10.0 Å². The molecule has 4 rings (SSSR count). The van der Waals surface area contributed by atoms with Crippen molar-refractivity contribution in [2.45, 2.75) is 0 Å². The maximum atomic E-state index is 12.8. The lowest BCUT2D eigenvalue weighted by Gasteiger charge is -2.11. The molecule has 0 saturated heterocycles. The molecule has 0 aliphatic rings. The second-order valence-corrected chi connectivity index (χ2v) is 9.34. The average molecular weight is 605 g/mol. The van der Waals surface area contributed by atoms with E-state index < -0.39 is 23.7 Å². The van der Waals surface area contributed by atoms with Crippen LogP contribution in [-0.2, 0) is 9.59 Å². The molecule has 42 heavy (non-hydrogen) atoms. The van der Waals surface area contributed by atoms with Gasteiger partial charge in [-0.05, 0) is 84.4 Å². The Balaban J connectivity index is 1.35. The van der Waals surface area contributed by atoms with Crippen molar-refractivity contribution in [3.05, 3.63) is 118 Å². The molecule has 4 aromatic rings. The van der Waals surface area contributed by atoms with Crippen molar-refractivity contribution in [3.63, 3.8) is 0 Å². The summed E-state index contributed by atoms with van der Waals surface area (Å²) in [6.07, 6.45) is 1.27. The summed E-state index contributed by atoms with van der Waals surface area (Å²) >= 11 is 11.7. The van der Waals surface area contributed by atoms with Crippen LogP contribution in [-0.4, -0.2) is 37.0 Å². The first-order valence-electron chi connectivity index (χ1n) is 12.2. The normalized spacial score (nSPS) is 10.5. The zero-order chi connectivity index (χ0) is 30.1. The second kappa shape index (κ2) is 13.9. The van der Waals surface area contributed by atoms with Crippen molar-refractivity contribution >= 4 is 64.5 Å². The number of amides is 3. The third kappa shape index (κ3) is 7.94. The standard InChI is InChI=1S/C30H22Cl2N4O6/c1-41-26-16-18(6-15-25(26)42-30(40)19-7-9-20(31)10-8-19)17-33-36-29(39)28(38)35-24-5-3-2-4-23(24)27(37)34-22-13-11-21(32)12-14-22/h2-17H,1H3,(H,34,37)(H,35,38)(H,36,39)/b33-17+. The Morgan fingerprint density at radius 1 is 0.762 bits per heavy atom. The van der Waals surface area contributed by atoms with Crippen molar-refractivity contribution in [2.75, 3.05) is 17.7 Å². The third-order valence-electron chi connectivity index (χ3n) is 5.58. The van der Waals surface area contributed by atoms with E-state index in [1.807, 2.05) is 0 Å². The number of ether oxygens (including phenoxy) is 2. The van der Waals surface area contributed by atoms with Gasteiger partial charge in [0.05, 0.1) is 30.1 Å². The number of anilines is 2. The van der Waals surface area contributed by atoms with E-state index in [0.717, 1.165) is 0 Å². The quantitative estimate of drug-likeness (QED) is 0.0791. The van der Waals surface area contributed by atoms with Crippen LogP contribution >= 0.6 is 23.2 Å². The van der Waals surface area contributed by atoms with Crippen molar-refractivity contribution in [2.24, 2.45) is 5.10 Å². The van der Waals surface area contributed by atoms with Gasteiger partial charge in [0.15, 0.2) is 11.5 Å². The lowest BCUT2D eigenvalue weighted by molar-refractivity contribution is -0.136. The zero-order valence-corrected chi connectivity index (χ0v) is 23.4. The molecule has 0 fully saturated rings. The number of carbonyl (C=O) groups is 4. The average Bonchev–Trinajstić information content (AvgIpc) is 2.99. The fourth-order valence-corrected chi connectivity index (χ4v) is 3.76. The van der Waals surface area contributed by atoms with E-state index in [1.165, 1.54) is 49.7 Å². The molecule has 10 nitrogen and oxygen atoms in total. The summed E-state index contributed by atoms with van der Waals surface area (Å²) in [5.41, 5.74) is 3.67. The number of hydrogen-bond donors (Lipinski definition) is 3. The number of benzene rings is 4. The molecular formula is C30H22Cl2N4O6. The Morgan fingerprint density at radius 2 is 1.43 bits per heavy atom. The van der Waals surface area contributed by atoms with Crippen LogP contribution in [0.1, 0.15) is 26.3 Å². The molecule has 0 aliphatic heterocycles. The summed E-state index contributed by atoms with van der Waals surface area (Å²) in [5, 5.41) is 9.91. The molecule has 0 unspecified atom stereocenters. The summed E-state index contributed by atoms with van der Waals surface area (Å²) in [5.74, 6) is -2.81. The highest BCUT2D eigenvalue weighted by molar-refractivity contribution is 6.40. The Labute approximate surface area is 250 Å². The van der Waals surface area contributed by atoms with Crippen LogP contribution in [0.25, 0.3) is 0 Å². The van der Waals surface area contributed by atoms with Gasteiger partial charge >= 0.3 is 17.8 Å². The summed E-state index contributed by atoms with van der Waals surface area (Å²) < 4.78 is 10.7. The molecule has 0 atom stereocenters. The van der Waals surface area contributed by atoms with Gasteiger partial charge in [-0.15, -0.1) is 0 Å². The van der Waals surface area contributed by atoms with E-state index in [4.69, 9.17) is 32.7 Å². The first-order chi connectivity index (χ1) is 20.2. The van der Waals surface area contributed by atoms with Gasteiger partial charge in [-0.25, -0.2) is 10.2 Å². The second-order valence-electron chi connectivity index (χ2n) is 8.47. The number of methoxy groups -OCH3 is 1. The van der Waals surface area contributed by atoms with Gasteiger partial charge in [-0.3, -0.25) is 14.4 Å². The molecule has 4 aromatic carbocycles. The first-order valence-corrected chi connectivity index (χ1v) is 12.9. The summed E-state index contributed by atoms with van der Waals surface area (Å²) in [4.78, 5) is 50.0. The van der Waals surface area contributed by atoms with E-state index in [2.05, 4.69) is 21.2 Å². The highest BCUT2D eigenvalue weighted by Gasteiger charge is 2.18. The van der Waals surface area contributed by atoms with Gasteiger partial charge in [0.2, 0.25) is 0 Å². The van der Waals surface area contributed by atoms with Crippen LogP contribution in [0.15, 0.2) is 96.1 Å². The number of hydrogen-bond acceptors (Lipinski definition) is 7. The number of esters is 1. The van der Waals surface area contributed by atoms with Gasteiger partial charge < -0.3 is 20.1 Å². The highest BCUT2D eigenvalue weighted by atomic mass is 35.5. The van der Waals surface area contributed by atoms with Gasteiger partial charge in [0, 0.05) is 15.7 Å². The minimum Gasteiger partial charge on any atom is -0.493 e. The lowest BCUT2D eigenvalue weighted by Crippen LogP contribution is -2.33. The van der Waals surface area contributed by atoms with Gasteiger partial charge in [0.1, 0.15) is 0 Å². The number of nitrogens with zero attached hydrogens (tertiary/aromatic N) is 1. The Kier molecular flexibility index (Phi) is 9.88. The van der Waals surface area contributed by atoms with Crippen LogP contribution in [0, 0.1) is 0 Å². The number of carbonyl (C=O) groups excluding carboxylic acids is 4. The largest absolute Gasteiger partial charge is 0.493 e. The molecule has 0 heterocycles. The fraction of sp³-hybridized carbons (Fsp3) is 0.0333. The van der Waals surface area contributed by atoms with E-state index >= 15 is 0 Å². The van der Waals surface area contributed by atoms with Crippen LogP contribution < -0.4 is 25.5 Å². The molecule has 0 bridgehead atoms. The minimum atomic E-state index is -1.07. The number of para-hydroxylation sites is 1. The molecule has 212 valence electrons. The van der Waals surface area contributed by atoms with E-state index in [-0.39, 0.29) is 22.7 Å². The van der Waals surface area contributed by atoms with Gasteiger partial charge in [-0.2, -0.15) is 5.10 Å². The van der Waals surface area contributed by atoms with Crippen LogP contribution in [0.3, 0.4) is 0 Å². The number of rotatable bonds is 8. The monoisotopic (exact) mass is 604 g/mol. The number of nitrogens with one attached hydrogen (secondary N) is 3. The van der Waals surface area contributed by atoms with Crippen molar-refractivity contribution in [1.29, 1.82) is 0 Å². The molecule has 0 saturated carbocycles. The maximum absolute atomic E-state index is 12.8. The minimum absolute atomic E-state index is 0.126. The molecular weight excluding hydrogens is 583 g/mol. The first kappa shape index (κ1) is 29.8. The number of hydrazone groups is 1. The summed E-state index contributed by atoms with van der Waals surface area (Å²) in [6, 6.07) is 23.5. The predicted octanol–water partition coefficient (Wildman–Crippen LogP) is 5.56. The smallest absolute Gasteiger partial charge is 0.343 e. The van der Waals surface area contributed by atoms with Crippen LogP contribution in [0.4, 0.5) is 11.4 Å². The molecule has 0 radical (unpaired) electrons. The van der Waals surface area contributed by atoms with Crippen molar-refractivity contribution < 1.29 is 28.7 Å². The lowest BCUT2D eigenvalue weighted by atomic mass is 10.1. The van der Waals surface area contributed by atoms with E-state index in [9.17, 15) is 19.2 Å². The maximum Gasteiger partial charge on any atom is 0.343 e. The van der Waals surface area contributed by atoms with Crippen molar-refractivity contribution in [1.82, 2.24) is 5.43 Å². The Morgan fingerprint density at radius 3 is 2.12 bits per heavy atom. The van der Waals surface area contributed by atoms with E-state index in [1.54, 1.807) is 54.6 Å². The van der Waals surface area contributed by atoms with Crippen LogP contribution in [0.5, 0.6) is 11.5 Å². The van der Waals surface area contributed by atoms with Crippen molar-refractivity contribution in [3.8, 4) is 11.5 Å². The summed E-state index contributed by atoms with van der Waals surface area (Å²) in [6.45, 7) is 0.